The minimum Gasteiger partial charge on any atom is -0.328 e. The molecule has 2 aromatic rings. The van der Waals surface area contributed by atoms with Crippen LogP contribution in [0.3, 0.4) is 0 Å². The first-order valence-corrected chi connectivity index (χ1v) is 6.39. The molecule has 19 heavy (non-hydrogen) atoms. The molecule has 4 nitrogen and oxygen atoms in total. The highest BCUT2D eigenvalue weighted by molar-refractivity contribution is 7.71. The molecule has 8 heteroatoms. The predicted octanol–water partition coefficient (Wildman–Crippen LogP) is 3.74. The van der Waals surface area contributed by atoms with E-state index in [1.54, 1.807) is 11.6 Å². The fourth-order valence-electron chi connectivity index (χ4n) is 2.28. The number of halogens is 3. The van der Waals surface area contributed by atoms with Crippen molar-refractivity contribution in [2.24, 2.45) is 0 Å². The molecule has 0 bridgehead atoms. The highest BCUT2D eigenvalue weighted by Crippen LogP contribution is 2.30. The summed E-state index contributed by atoms with van der Waals surface area (Å²) < 4.78 is 41.1. The fraction of sp³-hybridized carbons (Fsp3) is 0.636. The van der Waals surface area contributed by atoms with E-state index in [2.05, 4.69) is 10.1 Å². The van der Waals surface area contributed by atoms with Gasteiger partial charge in [-0.2, -0.15) is 18.3 Å². The van der Waals surface area contributed by atoms with Crippen LogP contribution in [0.2, 0.25) is 0 Å². The number of aryl methyl sites for hydroxylation is 2. The number of rotatable bonds is 3. The summed E-state index contributed by atoms with van der Waals surface area (Å²) in [5.74, 6) is 0. The van der Waals surface area contributed by atoms with E-state index in [0.29, 0.717) is 22.5 Å². The van der Waals surface area contributed by atoms with Gasteiger partial charge in [-0.15, -0.1) is 0 Å². The van der Waals surface area contributed by atoms with Crippen molar-refractivity contribution in [2.45, 2.75) is 46.0 Å². The summed E-state index contributed by atoms with van der Waals surface area (Å²) in [4.78, 5) is 2.94. The number of imidazole rings is 1. The third kappa shape index (κ3) is 2.54. The molecule has 0 saturated heterocycles. The van der Waals surface area contributed by atoms with Crippen LogP contribution in [-0.4, -0.2) is 25.5 Å². The van der Waals surface area contributed by atoms with Gasteiger partial charge in [0.15, 0.2) is 10.4 Å². The molecule has 106 valence electrons. The number of hydrogen-bond acceptors (Lipinski definition) is 2. The molecular weight excluding hydrogens is 277 g/mol. The van der Waals surface area contributed by atoms with E-state index in [4.69, 9.17) is 12.2 Å². The third-order valence-corrected chi connectivity index (χ3v) is 3.35. The molecule has 0 amide bonds. The molecule has 0 spiro atoms. The van der Waals surface area contributed by atoms with Crippen LogP contribution in [0.5, 0.6) is 0 Å². The Bertz CT molecular complexity index is 649. The standard InChI is InChI=1S/C11H15F3N4S/c1-4-17-9-8(7(3)16-17)15-10(19)18(9)6(2)5-11(12,13)14/h6H,4-5H2,1-3H3,(H,15,19). The van der Waals surface area contributed by atoms with Crippen molar-refractivity contribution >= 4 is 23.4 Å². The molecule has 0 saturated carbocycles. The highest BCUT2D eigenvalue weighted by atomic mass is 32.1. The van der Waals surface area contributed by atoms with Crippen LogP contribution in [0.25, 0.3) is 11.2 Å². The Labute approximate surface area is 113 Å². The topological polar surface area (TPSA) is 38.5 Å². The lowest BCUT2D eigenvalue weighted by Gasteiger charge is -2.16. The van der Waals surface area contributed by atoms with Gasteiger partial charge < -0.3 is 4.98 Å². The maximum Gasteiger partial charge on any atom is 0.391 e. The van der Waals surface area contributed by atoms with Gasteiger partial charge in [-0.05, 0) is 33.0 Å². The summed E-state index contributed by atoms with van der Waals surface area (Å²) in [5.41, 5.74) is 2.07. The Hall–Kier alpha value is -1.31. The van der Waals surface area contributed by atoms with Crippen molar-refractivity contribution in [2.75, 3.05) is 0 Å². The van der Waals surface area contributed by atoms with E-state index < -0.39 is 18.6 Å². The molecule has 0 aromatic carbocycles. The van der Waals surface area contributed by atoms with Crippen LogP contribution in [0.15, 0.2) is 0 Å². The molecule has 0 aliphatic rings. The normalized spacial score (nSPS) is 14.2. The smallest absolute Gasteiger partial charge is 0.328 e. The molecule has 0 aliphatic heterocycles. The summed E-state index contributed by atoms with van der Waals surface area (Å²) >= 11 is 5.14. The summed E-state index contributed by atoms with van der Waals surface area (Å²) in [6.07, 6.45) is -5.13. The molecular formula is C11H15F3N4S. The largest absolute Gasteiger partial charge is 0.391 e. The number of H-pyrrole nitrogens is 1. The molecule has 2 aromatic heterocycles. The van der Waals surface area contributed by atoms with Crippen molar-refractivity contribution in [3.8, 4) is 0 Å². The zero-order chi connectivity index (χ0) is 14.4. The first kappa shape index (κ1) is 14.1. The Morgan fingerprint density at radius 1 is 1.42 bits per heavy atom. The van der Waals surface area contributed by atoms with E-state index in [9.17, 15) is 13.2 Å². The molecule has 1 N–H and O–H groups in total. The molecule has 1 atom stereocenters. The van der Waals surface area contributed by atoms with Gasteiger partial charge in [-0.25, -0.2) is 4.68 Å². The van der Waals surface area contributed by atoms with Crippen molar-refractivity contribution in [1.82, 2.24) is 19.3 Å². The number of nitrogens with one attached hydrogen (secondary N) is 1. The van der Waals surface area contributed by atoms with Gasteiger partial charge in [0.25, 0.3) is 0 Å². The lowest BCUT2D eigenvalue weighted by Crippen LogP contribution is -2.18. The Morgan fingerprint density at radius 2 is 2.05 bits per heavy atom. The van der Waals surface area contributed by atoms with Crippen LogP contribution in [-0.2, 0) is 6.54 Å². The second-order valence-corrected chi connectivity index (χ2v) is 4.95. The number of nitrogens with zero attached hydrogens (tertiary/aromatic N) is 3. The molecule has 0 fully saturated rings. The van der Waals surface area contributed by atoms with Crippen LogP contribution in [0, 0.1) is 11.7 Å². The van der Waals surface area contributed by atoms with Crippen LogP contribution >= 0.6 is 12.2 Å². The summed E-state index contributed by atoms with van der Waals surface area (Å²) in [7, 11) is 0. The Kier molecular flexibility index (Phi) is 3.46. The number of alkyl halides is 3. The van der Waals surface area contributed by atoms with Gasteiger partial charge in [0, 0.05) is 12.6 Å². The van der Waals surface area contributed by atoms with E-state index >= 15 is 0 Å². The molecule has 2 rings (SSSR count). The minimum atomic E-state index is -4.22. The maximum atomic E-state index is 12.5. The average Bonchev–Trinajstić information content (AvgIpc) is 2.73. The van der Waals surface area contributed by atoms with Crippen molar-refractivity contribution < 1.29 is 13.2 Å². The van der Waals surface area contributed by atoms with Gasteiger partial charge >= 0.3 is 6.18 Å². The monoisotopic (exact) mass is 292 g/mol. The fourth-order valence-corrected chi connectivity index (χ4v) is 2.65. The van der Waals surface area contributed by atoms with Crippen molar-refractivity contribution in [3.63, 3.8) is 0 Å². The van der Waals surface area contributed by atoms with E-state index in [1.165, 1.54) is 11.5 Å². The van der Waals surface area contributed by atoms with Gasteiger partial charge in [-0.3, -0.25) is 4.57 Å². The predicted molar refractivity (Wildman–Crippen MR) is 68.7 cm³/mol. The van der Waals surface area contributed by atoms with E-state index in [1.807, 2.05) is 6.92 Å². The quantitative estimate of drug-likeness (QED) is 0.875. The third-order valence-electron chi connectivity index (χ3n) is 3.05. The minimum absolute atomic E-state index is 0.300. The SMILES string of the molecule is CCn1nc(C)c2[nH]c(=S)n(C(C)CC(F)(F)F)c21. The Morgan fingerprint density at radius 3 is 2.58 bits per heavy atom. The molecule has 2 heterocycles. The first-order valence-electron chi connectivity index (χ1n) is 5.99. The van der Waals surface area contributed by atoms with E-state index in [-0.39, 0.29) is 0 Å². The zero-order valence-corrected chi connectivity index (χ0v) is 11.7. The van der Waals surface area contributed by atoms with Crippen molar-refractivity contribution in [3.05, 3.63) is 10.5 Å². The number of aromatic nitrogens is 4. The van der Waals surface area contributed by atoms with Gasteiger partial charge in [-0.1, -0.05) is 0 Å². The van der Waals surface area contributed by atoms with Gasteiger partial charge in [0.05, 0.1) is 12.1 Å². The first-order chi connectivity index (χ1) is 8.74. The van der Waals surface area contributed by atoms with Crippen LogP contribution in [0.4, 0.5) is 13.2 Å². The van der Waals surface area contributed by atoms with Gasteiger partial charge in [0.1, 0.15) is 5.52 Å². The zero-order valence-electron chi connectivity index (χ0n) is 10.9. The Balaban J connectivity index is 2.59. The number of fused-ring (bicyclic) bond motifs is 1. The lowest BCUT2D eigenvalue weighted by atomic mass is 10.2. The molecule has 0 radical (unpaired) electrons. The van der Waals surface area contributed by atoms with Crippen LogP contribution < -0.4 is 0 Å². The molecule has 1 unspecified atom stereocenters. The van der Waals surface area contributed by atoms with Gasteiger partial charge in [0.2, 0.25) is 0 Å². The maximum absolute atomic E-state index is 12.5. The average molecular weight is 292 g/mol. The molecule has 0 aliphatic carbocycles. The number of hydrogen-bond donors (Lipinski definition) is 1. The second-order valence-electron chi connectivity index (χ2n) is 4.57. The summed E-state index contributed by atoms with van der Waals surface area (Å²) in [6.45, 7) is 5.79. The second kappa shape index (κ2) is 4.66. The van der Waals surface area contributed by atoms with E-state index in [0.717, 1.165) is 5.69 Å². The summed E-state index contributed by atoms with van der Waals surface area (Å²) in [6, 6.07) is -0.761. The van der Waals surface area contributed by atoms with Crippen molar-refractivity contribution in [1.29, 1.82) is 0 Å². The highest BCUT2D eigenvalue weighted by Gasteiger charge is 2.32. The summed E-state index contributed by atoms with van der Waals surface area (Å²) in [5, 5.41) is 4.29. The lowest BCUT2D eigenvalue weighted by molar-refractivity contribution is -0.141. The number of aromatic amines is 1. The van der Waals surface area contributed by atoms with Crippen LogP contribution in [0.1, 0.15) is 32.0 Å².